The molecule has 4 rings (SSSR count). The molecule has 0 bridgehead atoms. The van der Waals surface area contributed by atoms with E-state index in [0.717, 1.165) is 23.9 Å². The first-order valence-electron chi connectivity index (χ1n) is 12.8. The first kappa shape index (κ1) is 27.0. The molecule has 0 saturated carbocycles. The number of nitrogens with zero attached hydrogens (tertiary/aromatic N) is 4. The molecule has 7 nitrogen and oxygen atoms in total. The average Bonchev–Trinajstić information content (AvgIpc) is 2.85. The number of nitriles is 1. The van der Waals surface area contributed by atoms with Crippen molar-refractivity contribution < 1.29 is 22.7 Å². The van der Waals surface area contributed by atoms with Gasteiger partial charge in [0.25, 0.3) is 0 Å². The monoisotopic (exact) mass is 517 g/mol. The number of amides is 1. The van der Waals surface area contributed by atoms with E-state index < -0.39 is 23.7 Å². The second-order valence-corrected chi connectivity index (χ2v) is 11.0. The second kappa shape index (κ2) is 10.7. The van der Waals surface area contributed by atoms with Crippen LogP contribution in [0.1, 0.15) is 45.6 Å². The zero-order valence-corrected chi connectivity index (χ0v) is 21.5. The third-order valence-corrected chi connectivity index (χ3v) is 7.03. The summed E-state index contributed by atoms with van der Waals surface area (Å²) in [5, 5.41) is 13.3. The van der Waals surface area contributed by atoms with Crippen molar-refractivity contribution in [1.82, 2.24) is 15.2 Å². The number of nitrogens with one attached hydrogen (secondary N) is 1. The number of benzene rings is 1. The molecule has 0 spiro atoms. The highest BCUT2D eigenvalue weighted by Crippen LogP contribution is 2.37. The molecule has 0 aliphatic carbocycles. The smallest absolute Gasteiger partial charge is 0.410 e. The Kier molecular flexibility index (Phi) is 7.83. The molecule has 3 heterocycles. The first-order valence-corrected chi connectivity index (χ1v) is 12.8. The van der Waals surface area contributed by atoms with E-state index in [1.807, 2.05) is 37.8 Å². The molecule has 37 heavy (non-hydrogen) atoms. The predicted octanol–water partition coefficient (Wildman–Crippen LogP) is 5.10. The molecule has 1 N–H and O–H groups in total. The molecule has 2 saturated heterocycles. The van der Waals surface area contributed by atoms with Crippen molar-refractivity contribution in [3.63, 3.8) is 0 Å². The molecular weight excluding hydrogens is 483 g/mol. The summed E-state index contributed by atoms with van der Waals surface area (Å²) in [7, 11) is 0. The van der Waals surface area contributed by atoms with Crippen LogP contribution in [-0.4, -0.2) is 66.5 Å². The number of fused-ring (bicyclic) bond motifs is 1. The van der Waals surface area contributed by atoms with E-state index in [2.05, 4.69) is 16.4 Å². The van der Waals surface area contributed by atoms with E-state index in [0.29, 0.717) is 37.3 Å². The molecule has 1 aromatic heterocycles. The van der Waals surface area contributed by atoms with E-state index >= 15 is 0 Å². The minimum atomic E-state index is -4.29. The Morgan fingerprint density at radius 3 is 2.76 bits per heavy atom. The van der Waals surface area contributed by atoms with Crippen molar-refractivity contribution in [3.8, 4) is 6.07 Å². The number of anilines is 1. The van der Waals surface area contributed by atoms with Crippen LogP contribution >= 0.6 is 0 Å². The van der Waals surface area contributed by atoms with Gasteiger partial charge < -0.3 is 19.9 Å². The number of hydrogen-bond acceptors (Lipinski definition) is 6. The highest BCUT2D eigenvalue weighted by molar-refractivity contribution is 5.95. The average molecular weight is 518 g/mol. The number of aromatic nitrogens is 1. The maximum Gasteiger partial charge on any atom is 0.410 e. The second-order valence-electron chi connectivity index (χ2n) is 11.0. The van der Waals surface area contributed by atoms with Crippen LogP contribution in [0, 0.1) is 23.2 Å². The quantitative estimate of drug-likeness (QED) is 0.608. The van der Waals surface area contributed by atoms with Gasteiger partial charge in [-0.2, -0.15) is 18.4 Å². The van der Waals surface area contributed by atoms with Gasteiger partial charge >= 0.3 is 12.3 Å². The van der Waals surface area contributed by atoms with Gasteiger partial charge in [0.05, 0.1) is 17.0 Å². The fourth-order valence-electron chi connectivity index (χ4n) is 5.33. The lowest BCUT2D eigenvalue weighted by Crippen LogP contribution is -2.54. The summed E-state index contributed by atoms with van der Waals surface area (Å²) < 4.78 is 46.7. The Morgan fingerprint density at radius 2 is 2.05 bits per heavy atom. The summed E-state index contributed by atoms with van der Waals surface area (Å²) in [6, 6.07) is 8.88. The van der Waals surface area contributed by atoms with E-state index in [-0.39, 0.29) is 25.0 Å². The molecule has 2 aliphatic heterocycles. The van der Waals surface area contributed by atoms with Crippen LogP contribution in [0.15, 0.2) is 30.5 Å². The fraction of sp³-hybridized carbons (Fsp3) is 0.593. The van der Waals surface area contributed by atoms with Crippen LogP contribution in [0.2, 0.25) is 0 Å². The lowest BCUT2D eigenvalue weighted by Gasteiger charge is -2.43. The van der Waals surface area contributed by atoms with Crippen molar-refractivity contribution in [2.75, 3.05) is 37.6 Å². The highest BCUT2D eigenvalue weighted by Gasteiger charge is 2.44. The largest absolute Gasteiger partial charge is 0.444 e. The molecule has 200 valence electrons. The Morgan fingerprint density at radius 1 is 1.27 bits per heavy atom. The van der Waals surface area contributed by atoms with Gasteiger partial charge in [-0.25, -0.2) is 4.79 Å². The van der Waals surface area contributed by atoms with E-state index in [9.17, 15) is 23.2 Å². The normalized spacial score (nSPS) is 22.9. The topological polar surface area (TPSA) is 81.5 Å². The summed E-state index contributed by atoms with van der Waals surface area (Å²) in [6.45, 7) is 7.33. The molecule has 1 aromatic carbocycles. The molecule has 2 fully saturated rings. The number of ether oxygens (including phenoxy) is 1. The summed E-state index contributed by atoms with van der Waals surface area (Å²) in [4.78, 5) is 20.9. The minimum Gasteiger partial charge on any atom is -0.444 e. The van der Waals surface area contributed by atoms with Crippen LogP contribution in [-0.2, 0) is 4.74 Å². The number of rotatable bonds is 4. The van der Waals surface area contributed by atoms with Crippen molar-refractivity contribution in [2.24, 2.45) is 11.8 Å². The molecule has 0 radical (unpaired) electrons. The van der Waals surface area contributed by atoms with Crippen LogP contribution in [0.4, 0.5) is 23.7 Å². The SMILES string of the molecule is CC(C)(C)OC(=O)N1CCC[C@@H](CN(c2ccc(C#N)c3ncccc23)[C@@H]2CNC[C@@H](C(F)(F)F)C2)C1. The first-order chi connectivity index (χ1) is 17.5. The maximum atomic E-state index is 13.7. The van der Waals surface area contributed by atoms with Gasteiger partial charge in [0.15, 0.2) is 0 Å². The van der Waals surface area contributed by atoms with Crippen LogP contribution < -0.4 is 10.2 Å². The van der Waals surface area contributed by atoms with E-state index in [1.54, 1.807) is 23.2 Å². The van der Waals surface area contributed by atoms with Gasteiger partial charge in [-0.05, 0) is 70.2 Å². The molecular formula is C27H34F3N5O2. The van der Waals surface area contributed by atoms with Crippen molar-refractivity contribution in [3.05, 3.63) is 36.0 Å². The number of hydrogen-bond donors (Lipinski definition) is 1. The van der Waals surface area contributed by atoms with Gasteiger partial charge in [-0.1, -0.05) is 0 Å². The summed E-state index contributed by atoms with van der Waals surface area (Å²) in [5.41, 5.74) is 1.10. The Hall–Kier alpha value is -3.06. The molecule has 2 aromatic rings. The van der Waals surface area contributed by atoms with Gasteiger partial charge in [0.1, 0.15) is 11.7 Å². The molecule has 1 amide bonds. The van der Waals surface area contributed by atoms with E-state index in [4.69, 9.17) is 4.74 Å². The molecule has 2 aliphatic rings. The van der Waals surface area contributed by atoms with Gasteiger partial charge in [0, 0.05) is 56.0 Å². The lowest BCUT2D eigenvalue weighted by atomic mass is 9.91. The molecule has 10 heteroatoms. The standard InChI is InChI=1S/C27H34F3N5O2/c1-26(2,3)37-25(36)34-11-5-6-18(16-34)17-35(21-12-20(14-32-15-21)27(28,29)30)23-9-8-19(13-31)24-22(23)7-4-10-33-24/h4,7-10,18,20-21,32H,5-6,11-12,14-17H2,1-3H3/t18-,20+,21+/m1/s1. The van der Waals surface area contributed by atoms with Gasteiger partial charge in [-0.3, -0.25) is 4.98 Å². The van der Waals surface area contributed by atoms with Crippen molar-refractivity contribution in [1.29, 1.82) is 5.26 Å². The van der Waals surface area contributed by atoms with Crippen LogP contribution in [0.25, 0.3) is 10.9 Å². The number of carbonyl (C=O) groups excluding carboxylic acids is 1. The summed E-state index contributed by atoms with van der Waals surface area (Å²) >= 11 is 0. The van der Waals surface area contributed by atoms with Crippen LogP contribution in [0.5, 0.6) is 0 Å². The Labute approximate surface area is 215 Å². The third kappa shape index (κ3) is 6.45. The number of piperidine rings is 2. The zero-order chi connectivity index (χ0) is 26.8. The van der Waals surface area contributed by atoms with Gasteiger partial charge in [0.2, 0.25) is 0 Å². The predicted molar refractivity (Wildman–Crippen MR) is 135 cm³/mol. The fourth-order valence-corrected chi connectivity index (χ4v) is 5.33. The maximum absolute atomic E-state index is 13.7. The minimum absolute atomic E-state index is 0.0270. The summed E-state index contributed by atoms with van der Waals surface area (Å²) in [5.74, 6) is -1.39. The number of alkyl halides is 3. The Balaban J connectivity index is 1.66. The van der Waals surface area contributed by atoms with Crippen molar-refractivity contribution >= 4 is 22.7 Å². The number of likely N-dealkylation sites (tertiary alicyclic amines) is 1. The lowest BCUT2D eigenvalue weighted by molar-refractivity contribution is -0.179. The number of carbonyl (C=O) groups is 1. The van der Waals surface area contributed by atoms with Crippen molar-refractivity contribution in [2.45, 2.75) is 57.9 Å². The number of pyridine rings is 1. The zero-order valence-electron chi connectivity index (χ0n) is 21.5. The summed E-state index contributed by atoms with van der Waals surface area (Å²) in [6.07, 6.45) is -1.43. The third-order valence-electron chi connectivity index (χ3n) is 7.03. The molecule has 0 unspecified atom stereocenters. The van der Waals surface area contributed by atoms with E-state index in [1.165, 1.54) is 0 Å². The molecule has 3 atom stereocenters. The Bertz CT molecular complexity index is 1160. The van der Waals surface area contributed by atoms with Crippen LogP contribution in [0.3, 0.4) is 0 Å². The highest BCUT2D eigenvalue weighted by atomic mass is 19.4. The van der Waals surface area contributed by atoms with Gasteiger partial charge in [-0.15, -0.1) is 0 Å². The number of halogens is 3.